The molecule has 2 rings (SSSR count). The molecule has 0 bridgehead atoms. The quantitative estimate of drug-likeness (QED) is 0.857. The Morgan fingerprint density at radius 1 is 1.42 bits per heavy atom. The van der Waals surface area contributed by atoms with E-state index in [0.29, 0.717) is 15.3 Å². The molecule has 0 unspecified atom stereocenters. The van der Waals surface area contributed by atoms with Gasteiger partial charge in [-0.1, -0.05) is 17.4 Å². The number of nitrogens with zero attached hydrogens (tertiary/aromatic N) is 1. The largest absolute Gasteiger partial charge is 0.444 e. The lowest BCUT2D eigenvalue weighted by atomic mass is 10.2. The van der Waals surface area contributed by atoms with Gasteiger partial charge in [0.15, 0.2) is 5.13 Å². The molecule has 0 fully saturated rings. The molecule has 102 valence electrons. The Kier molecular flexibility index (Phi) is 3.45. The minimum atomic E-state index is -0.593. The van der Waals surface area contributed by atoms with Crippen LogP contribution in [0.25, 0.3) is 10.2 Å². The fourth-order valence-electron chi connectivity index (χ4n) is 1.55. The molecule has 19 heavy (non-hydrogen) atoms. The van der Waals surface area contributed by atoms with Gasteiger partial charge in [-0.25, -0.2) is 14.2 Å². The molecule has 0 aliphatic rings. The van der Waals surface area contributed by atoms with Crippen LogP contribution in [0.2, 0.25) is 0 Å². The Balaban J connectivity index is 2.25. The van der Waals surface area contributed by atoms with Gasteiger partial charge in [-0.15, -0.1) is 0 Å². The highest BCUT2D eigenvalue weighted by Crippen LogP contribution is 2.30. The van der Waals surface area contributed by atoms with Crippen LogP contribution in [-0.2, 0) is 4.74 Å². The third-order valence-electron chi connectivity index (χ3n) is 2.31. The number of anilines is 1. The number of fused-ring (bicyclic) bond motifs is 1. The number of ether oxygens (including phenoxy) is 1. The van der Waals surface area contributed by atoms with Crippen molar-refractivity contribution in [2.24, 2.45) is 0 Å². The van der Waals surface area contributed by atoms with E-state index in [1.807, 2.05) is 6.92 Å². The maximum absolute atomic E-state index is 13.6. The summed E-state index contributed by atoms with van der Waals surface area (Å²) in [7, 11) is 0. The van der Waals surface area contributed by atoms with Crippen LogP contribution in [0, 0.1) is 12.7 Å². The Morgan fingerprint density at radius 3 is 2.68 bits per heavy atom. The summed E-state index contributed by atoms with van der Waals surface area (Å²) >= 11 is 1.09. The lowest BCUT2D eigenvalue weighted by molar-refractivity contribution is 0.0636. The van der Waals surface area contributed by atoms with Crippen LogP contribution in [0.4, 0.5) is 14.3 Å². The highest BCUT2D eigenvalue weighted by atomic mass is 32.1. The van der Waals surface area contributed by atoms with E-state index in [-0.39, 0.29) is 5.82 Å². The first kappa shape index (κ1) is 13.7. The number of rotatable bonds is 1. The minimum absolute atomic E-state index is 0.331. The predicted octanol–water partition coefficient (Wildman–Crippen LogP) is 4.09. The van der Waals surface area contributed by atoms with Gasteiger partial charge in [-0.05, 0) is 39.3 Å². The van der Waals surface area contributed by atoms with Crippen molar-refractivity contribution in [1.82, 2.24) is 4.98 Å². The third-order valence-corrected chi connectivity index (χ3v) is 3.28. The number of aromatic nitrogens is 1. The predicted molar refractivity (Wildman–Crippen MR) is 74.2 cm³/mol. The minimum Gasteiger partial charge on any atom is -0.444 e. The van der Waals surface area contributed by atoms with E-state index in [2.05, 4.69) is 10.3 Å². The molecule has 0 aliphatic carbocycles. The monoisotopic (exact) mass is 282 g/mol. The highest BCUT2D eigenvalue weighted by Gasteiger charge is 2.18. The van der Waals surface area contributed by atoms with Crippen molar-refractivity contribution in [2.45, 2.75) is 33.3 Å². The van der Waals surface area contributed by atoms with E-state index in [9.17, 15) is 9.18 Å². The summed E-state index contributed by atoms with van der Waals surface area (Å²) in [4.78, 5) is 15.8. The zero-order valence-electron chi connectivity index (χ0n) is 11.2. The standard InChI is InChI=1S/C13H15FN2O2S/c1-7-5-6-8(14)10-9(7)15-11(19-10)16-12(17)18-13(2,3)4/h5-6H,1-4H3,(H,15,16,17). The second kappa shape index (κ2) is 4.77. The smallest absolute Gasteiger partial charge is 0.413 e. The lowest BCUT2D eigenvalue weighted by Crippen LogP contribution is -2.27. The zero-order chi connectivity index (χ0) is 14.2. The number of amides is 1. The summed E-state index contributed by atoms with van der Waals surface area (Å²) in [6, 6.07) is 3.06. The summed E-state index contributed by atoms with van der Waals surface area (Å²) in [6.07, 6.45) is -0.593. The molecular weight excluding hydrogens is 267 g/mol. The molecule has 0 saturated carbocycles. The SMILES string of the molecule is Cc1ccc(F)c2sc(NC(=O)OC(C)(C)C)nc12. The molecular formula is C13H15FN2O2S. The number of hydrogen-bond acceptors (Lipinski definition) is 4. The molecule has 4 nitrogen and oxygen atoms in total. The number of thiazole rings is 1. The molecule has 0 saturated heterocycles. The van der Waals surface area contributed by atoms with Gasteiger partial charge in [0.2, 0.25) is 0 Å². The van der Waals surface area contributed by atoms with Crippen LogP contribution in [-0.4, -0.2) is 16.7 Å². The molecule has 0 radical (unpaired) electrons. The van der Waals surface area contributed by atoms with Crippen molar-refractivity contribution in [1.29, 1.82) is 0 Å². The average Bonchev–Trinajstić information content (AvgIpc) is 2.65. The number of carbonyl (C=O) groups excluding carboxylic acids is 1. The fourth-order valence-corrected chi connectivity index (χ4v) is 2.48. The maximum atomic E-state index is 13.6. The van der Waals surface area contributed by atoms with Crippen LogP contribution >= 0.6 is 11.3 Å². The first-order valence-electron chi connectivity index (χ1n) is 5.82. The van der Waals surface area contributed by atoms with Gasteiger partial charge >= 0.3 is 6.09 Å². The zero-order valence-corrected chi connectivity index (χ0v) is 12.0. The fraction of sp³-hybridized carbons (Fsp3) is 0.385. The Hall–Kier alpha value is -1.69. The molecule has 1 amide bonds. The topological polar surface area (TPSA) is 51.2 Å². The summed E-state index contributed by atoms with van der Waals surface area (Å²) < 4.78 is 19.2. The van der Waals surface area contributed by atoms with Crippen LogP contribution in [0.1, 0.15) is 26.3 Å². The number of aryl methyl sites for hydroxylation is 1. The number of halogens is 1. The first-order valence-corrected chi connectivity index (χ1v) is 6.63. The molecule has 0 aliphatic heterocycles. The molecule has 1 heterocycles. The Bertz CT molecular complexity index is 592. The van der Waals surface area contributed by atoms with Gasteiger partial charge in [-0.2, -0.15) is 0 Å². The van der Waals surface area contributed by atoms with Crippen molar-refractivity contribution < 1.29 is 13.9 Å². The summed E-state index contributed by atoms with van der Waals surface area (Å²) in [5.74, 6) is -0.338. The Labute approximate surface area is 114 Å². The second-order valence-corrected chi connectivity index (χ2v) is 6.19. The van der Waals surface area contributed by atoms with Gasteiger partial charge in [0, 0.05) is 0 Å². The van der Waals surface area contributed by atoms with E-state index >= 15 is 0 Å². The maximum Gasteiger partial charge on any atom is 0.413 e. The van der Waals surface area contributed by atoms with Crippen LogP contribution in [0.15, 0.2) is 12.1 Å². The average molecular weight is 282 g/mol. The van der Waals surface area contributed by atoms with Crippen molar-refractivity contribution >= 4 is 32.8 Å². The number of carbonyl (C=O) groups is 1. The third kappa shape index (κ3) is 3.20. The van der Waals surface area contributed by atoms with Crippen LogP contribution < -0.4 is 5.32 Å². The van der Waals surface area contributed by atoms with Crippen LogP contribution in [0.3, 0.4) is 0 Å². The van der Waals surface area contributed by atoms with Crippen molar-refractivity contribution in [2.75, 3.05) is 5.32 Å². The van der Waals surface area contributed by atoms with Gasteiger partial charge in [0.1, 0.15) is 11.4 Å². The van der Waals surface area contributed by atoms with E-state index in [1.54, 1.807) is 26.8 Å². The van der Waals surface area contributed by atoms with Crippen molar-refractivity contribution in [3.63, 3.8) is 0 Å². The molecule has 6 heteroatoms. The molecule has 1 N–H and O–H groups in total. The summed E-state index contributed by atoms with van der Waals surface area (Å²) in [5.41, 5.74) is 0.850. The number of benzene rings is 1. The van der Waals surface area contributed by atoms with Gasteiger partial charge < -0.3 is 4.74 Å². The van der Waals surface area contributed by atoms with Crippen molar-refractivity contribution in [3.8, 4) is 0 Å². The van der Waals surface area contributed by atoms with Gasteiger partial charge in [0.05, 0.1) is 10.2 Å². The van der Waals surface area contributed by atoms with Crippen molar-refractivity contribution in [3.05, 3.63) is 23.5 Å². The molecule has 0 atom stereocenters. The molecule has 1 aromatic heterocycles. The summed E-state index contributed by atoms with van der Waals surface area (Å²) in [5, 5.41) is 2.85. The number of nitrogens with one attached hydrogen (secondary N) is 1. The Morgan fingerprint density at radius 2 is 2.11 bits per heavy atom. The highest BCUT2D eigenvalue weighted by molar-refractivity contribution is 7.22. The number of hydrogen-bond donors (Lipinski definition) is 1. The normalized spacial score (nSPS) is 11.6. The van der Waals surface area contributed by atoms with Gasteiger partial charge in [-0.3, -0.25) is 5.32 Å². The van der Waals surface area contributed by atoms with Crippen LogP contribution in [0.5, 0.6) is 0 Å². The lowest BCUT2D eigenvalue weighted by Gasteiger charge is -2.18. The molecule has 0 spiro atoms. The van der Waals surface area contributed by atoms with E-state index in [0.717, 1.165) is 16.9 Å². The molecule has 1 aromatic carbocycles. The second-order valence-electron chi connectivity index (χ2n) is 5.19. The van der Waals surface area contributed by atoms with E-state index in [1.165, 1.54) is 6.07 Å². The first-order chi connectivity index (χ1) is 8.76. The summed E-state index contributed by atoms with van der Waals surface area (Å²) in [6.45, 7) is 7.16. The van der Waals surface area contributed by atoms with E-state index < -0.39 is 11.7 Å². The van der Waals surface area contributed by atoms with Gasteiger partial charge in [0.25, 0.3) is 0 Å². The van der Waals surface area contributed by atoms with E-state index in [4.69, 9.17) is 4.74 Å². The molecule has 2 aromatic rings.